The number of benzene rings is 3. The van der Waals surface area contributed by atoms with E-state index in [1.807, 2.05) is 41.3 Å². The monoisotopic (exact) mass is 876 g/mol. The van der Waals surface area contributed by atoms with Crippen LogP contribution < -0.4 is 20.3 Å². The van der Waals surface area contributed by atoms with Crippen molar-refractivity contribution in [2.24, 2.45) is 0 Å². The molecule has 1 aliphatic rings. The molecule has 7 rings (SSSR count). The van der Waals surface area contributed by atoms with Crippen molar-refractivity contribution in [3.63, 3.8) is 0 Å². The Labute approximate surface area is 365 Å². The quantitative estimate of drug-likeness (QED) is 0.107. The first-order valence-electron chi connectivity index (χ1n) is 19.7. The van der Waals surface area contributed by atoms with Gasteiger partial charge in [-0.05, 0) is 108 Å². The molecule has 0 radical (unpaired) electrons. The number of aromatic nitrogens is 4. The Morgan fingerprint density at radius 2 is 1.65 bits per heavy atom. The van der Waals surface area contributed by atoms with Gasteiger partial charge in [-0.3, -0.25) is 4.79 Å². The van der Waals surface area contributed by atoms with Gasteiger partial charge in [0.2, 0.25) is 5.13 Å². The van der Waals surface area contributed by atoms with Gasteiger partial charge in [-0.2, -0.15) is 15.3 Å². The van der Waals surface area contributed by atoms with E-state index in [0.717, 1.165) is 19.8 Å². The summed E-state index contributed by atoms with van der Waals surface area (Å²) in [5, 5.41) is 14.8. The lowest BCUT2D eigenvalue weighted by atomic mass is 9.94. The molecule has 0 atom stereocenters. The van der Waals surface area contributed by atoms with Crippen LogP contribution in [0, 0.1) is 11.3 Å². The van der Waals surface area contributed by atoms with E-state index >= 15 is 0 Å². The predicted molar refractivity (Wildman–Crippen MR) is 235 cm³/mol. The topological polar surface area (TPSA) is 205 Å². The summed E-state index contributed by atoms with van der Waals surface area (Å²) in [5.41, 5.74) is 7.88. The van der Waals surface area contributed by atoms with Crippen molar-refractivity contribution in [1.29, 1.82) is 5.26 Å². The Hall–Kier alpha value is -6.84. The number of nitrogens with zero attached hydrogens (tertiary/aromatic N) is 7. The van der Waals surface area contributed by atoms with E-state index in [9.17, 15) is 24.4 Å². The Kier molecular flexibility index (Phi) is 12.0. The van der Waals surface area contributed by atoms with Crippen LogP contribution in [0.4, 0.5) is 25.7 Å². The maximum atomic E-state index is 14.6. The van der Waals surface area contributed by atoms with Crippen LogP contribution in [0.5, 0.6) is 5.75 Å². The molecule has 0 saturated heterocycles. The third kappa shape index (κ3) is 9.23. The van der Waals surface area contributed by atoms with Gasteiger partial charge in [0.15, 0.2) is 16.6 Å². The molecule has 4 heterocycles. The summed E-state index contributed by atoms with van der Waals surface area (Å²) >= 11 is 2.49. The fourth-order valence-electron chi connectivity index (χ4n) is 6.55. The molecule has 6 aromatic rings. The number of carbonyl (C=O) groups is 4. The average molecular weight is 877 g/mol. The number of amides is 2. The first-order chi connectivity index (χ1) is 29.4. The van der Waals surface area contributed by atoms with Gasteiger partial charge < -0.3 is 29.6 Å². The van der Waals surface area contributed by atoms with Crippen LogP contribution in [0.25, 0.3) is 21.5 Å². The highest BCUT2D eigenvalue weighted by Crippen LogP contribution is 2.36. The van der Waals surface area contributed by atoms with Crippen LogP contribution in [-0.4, -0.2) is 68.2 Å². The standard InChI is InChI=1S/C44H44N8O8S2/c1-8-57-38(54)35-33(24-58-27-18-16-26(17-19-27)34-29(22-45)36(46)52(49-34)42(56)60-44(5,6)7)62-39(48-35)50-21-20-25-12-11-13-28(30(25)23-50)37(53)51(41(55)59-43(2,3)4)40-47-31-14-9-10-15-32(31)61-40/h9-19H,8,20-21,23-24,46H2,1-7H3. The third-order valence-electron chi connectivity index (χ3n) is 9.28. The maximum Gasteiger partial charge on any atom is 0.437 e. The zero-order chi connectivity index (χ0) is 44.5. The SMILES string of the molecule is CCOC(=O)c1nc(N2CCc3cccc(C(=O)N(C(=O)OC(C)(C)C)c4nc5ccccc5s4)c3C2)sc1COc1ccc(-c2nn(C(=O)OC(C)(C)C)c(N)c2C#N)cc1. The number of fused-ring (bicyclic) bond motifs is 2. The molecule has 320 valence electrons. The Morgan fingerprint density at radius 3 is 2.32 bits per heavy atom. The molecule has 62 heavy (non-hydrogen) atoms. The van der Waals surface area contributed by atoms with Gasteiger partial charge in [0.25, 0.3) is 5.91 Å². The molecule has 1 aliphatic heterocycles. The average Bonchev–Trinajstić information content (AvgIpc) is 3.94. The third-order valence-corrected chi connectivity index (χ3v) is 11.4. The number of thiazole rings is 2. The number of imide groups is 1. The molecule has 0 saturated carbocycles. The Bertz CT molecular complexity index is 2700. The molecular formula is C44H44N8O8S2. The molecule has 3 aromatic heterocycles. The number of nitrogens with two attached hydrogens (primary N) is 1. The van der Waals surface area contributed by atoms with Crippen molar-refractivity contribution in [3.8, 4) is 23.1 Å². The summed E-state index contributed by atoms with van der Waals surface area (Å²) in [6, 6.07) is 21.5. The zero-order valence-electron chi connectivity index (χ0n) is 35.2. The number of nitrogen functional groups attached to an aromatic ring is 1. The summed E-state index contributed by atoms with van der Waals surface area (Å²) < 4.78 is 24.3. The van der Waals surface area contributed by atoms with E-state index < -0.39 is 35.3 Å². The summed E-state index contributed by atoms with van der Waals surface area (Å²) in [6.07, 6.45) is -1.09. The van der Waals surface area contributed by atoms with Crippen molar-refractivity contribution >= 4 is 73.0 Å². The van der Waals surface area contributed by atoms with Crippen LogP contribution in [0.2, 0.25) is 0 Å². The molecule has 2 N–H and O–H groups in total. The number of rotatable bonds is 9. The van der Waals surface area contributed by atoms with Crippen molar-refractivity contribution < 1.29 is 38.1 Å². The van der Waals surface area contributed by atoms with Crippen molar-refractivity contribution in [2.75, 3.05) is 28.7 Å². The number of carbonyl (C=O) groups excluding carboxylic acids is 4. The molecule has 0 bridgehead atoms. The number of hydrogen-bond acceptors (Lipinski definition) is 16. The second-order valence-corrected chi connectivity index (χ2v) is 18.2. The second kappa shape index (κ2) is 17.3. The predicted octanol–water partition coefficient (Wildman–Crippen LogP) is 8.75. The van der Waals surface area contributed by atoms with Gasteiger partial charge in [0.05, 0.1) is 21.7 Å². The summed E-state index contributed by atoms with van der Waals surface area (Å²) in [7, 11) is 0. The van der Waals surface area contributed by atoms with Gasteiger partial charge in [0.1, 0.15) is 40.9 Å². The second-order valence-electron chi connectivity index (χ2n) is 16.1. The minimum absolute atomic E-state index is 0.0196. The summed E-state index contributed by atoms with van der Waals surface area (Å²) in [5.74, 6) is -0.887. The fraction of sp³-hybridized carbons (Fsp3) is 0.318. The number of para-hydroxylation sites is 1. The molecule has 0 fully saturated rings. The van der Waals surface area contributed by atoms with Gasteiger partial charge >= 0.3 is 18.2 Å². The van der Waals surface area contributed by atoms with Crippen LogP contribution in [0.3, 0.4) is 0 Å². The lowest BCUT2D eigenvalue weighted by Crippen LogP contribution is -2.42. The largest absolute Gasteiger partial charge is 0.488 e. The lowest BCUT2D eigenvalue weighted by Gasteiger charge is -2.31. The highest BCUT2D eigenvalue weighted by Gasteiger charge is 2.35. The van der Waals surface area contributed by atoms with Crippen LogP contribution >= 0.6 is 22.7 Å². The van der Waals surface area contributed by atoms with Gasteiger partial charge in [-0.15, -0.1) is 4.68 Å². The number of nitriles is 1. The van der Waals surface area contributed by atoms with E-state index in [1.165, 1.54) is 22.7 Å². The van der Waals surface area contributed by atoms with Crippen LogP contribution in [0.1, 0.15) is 90.9 Å². The van der Waals surface area contributed by atoms with Crippen molar-refractivity contribution in [1.82, 2.24) is 19.7 Å². The van der Waals surface area contributed by atoms with Crippen LogP contribution in [0.15, 0.2) is 66.7 Å². The molecular weight excluding hydrogens is 833 g/mol. The lowest BCUT2D eigenvalue weighted by molar-refractivity contribution is 0.0508. The minimum Gasteiger partial charge on any atom is -0.488 e. The van der Waals surface area contributed by atoms with E-state index in [-0.39, 0.29) is 47.7 Å². The summed E-state index contributed by atoms with van der Waals surface area (Å²) in [4.78, 5) is 67.1. The zero-order valence-corrected chi connectivity index (χ0v) is 36.8. The molecule has 0 unspecified atom stereocenters. The fourth-order valence-corrected chi connectivity index (χ4v) is 8.49. The Morgan fingerprint density at radius 1 is 0.919 bits per heavy atom. The molecule has 2 amide bonds. The highest BCUT2D eigenvalue weighted by molar-refractivity contribution is 7.22. The van der Waals surface area contributed by atoms with Crippen molar-refractivity contribution in [2.45, 2.75) is 79.2 Å². The van der Waals surface area contributed by atoms with Crippen LogP contribution in [-0.2, 0) is 33.8 Å². The minimum atomic E-state index is -0.877. The number of esters is 1. The van der Waals surface area contributed by atoms with Gasteiger partial charge in [-0.1, -0.05) is 46.9 Å². The van der Waals surface area contributed by atoms with Gasteiger partial charge in [0, 0.05) is 24.2 Å². The number of ether oxygens (including phenoxy) is 4. The molecule has 0 spiro atoms. The smallest absolute Gasteiger partial charge is 0.437 e. The first kappa shape index (κ1) is 43.3. The van der Waals surface area contributed by atoms with Gasteiger partial charge in [-0.25, -0.2) is 24.4 Å². The van der Waals surface area contributed by atoms with E-state index in [2.05, 4.69) is 10.1 Å². The van der Waals surface area contributed by atoms with E-state index in [4.69, 9.17) is 29.7 Å². The van der Waals surface area contributed by atoms with Crippen molar-refractivity contribution in [3.05, 3.63) is 99.6 Å². The van der Waals surface area contributed by atoms with E-state index in [0.29, 0.717) is 50.9 Å². The molecule has 16 nitrogen and oxygen atoms in total. The summed E-state index contributed by atoms with van der Waals surface area (Å²) in [6.45, 7) is 12.9. The number of anilines is 3. The molecule has 3 aromatic carbocycles. The first-order valence-corrected chi connectivity index (χ1v) is 21.3. The number of hydrogen-bond donors (Lipinski definition) is 1. The maximum absolute atomic E-state index is 14.6. The molecule has 18 heteroatoms. The highest BCUT2D eigenvalue weighted by atomic mass is 32.1. The Balaban J connectivity index is 1.13. The normalized spacial score (nSPS) is 12.6. The van der Waals surface area contributed by atoms with E-state index in [1.54, 1.807) is 84.9 Å². The molecule has 0 aliphatic carbocycles.